The Bertz CT molecular complexity index is 619. The number of aliphatic hydroxyl groups excluding tert-OH is 1. The Balaban J connectivity index is 0.000000350. The SMILES string of the molecule is CCOC(CCc1ccc(Cl)cc1)CC(=O)NO.OCc1ccccc1. The van der Waals surface area contributed by atoms with Gasteiger partial charge in [-0.05, 0) is 43.0 Å². The number of carbonyl (C=O) groups excluding carboxylic acids is 1. The van der Waals surface area contributed by atoms with E-state index in [-0.39, 0.29) is 19.1 Å². The first-order chi connectivity index (χ1) is 12.6. The fourth-order valence-electron chi connectivity index (χ4n) is 2.29. The van der Waals surface area contributed by atoms with E-state index in [9.17, 15) is 4.79 Å². The molecule has 0 radical (unpaired) electrons. The molecule has 5 nitrogen and oxygen atoms in total. The van der Waals surface area contributed by atoms with E-state index in [1.54, 1.807) is 5.48 Å². The number of hydrogen-bond acceptors (Lipinski definition) is 4. The van der Waals surface area contributed by atoms with Gasteiger partial charge in [-0.2, -0.15) is 0 Å². The molecule has 2 rings (SSSR count). The third-order valence-corrected chi connectivity index (χ3v) is 3.89. The Morgan fingerprint density at radius 3 is 2.27 bits per heavy atom. The number of rotatable bonds is 8. The third-order valence-electron chi connectivity index (χ3n) is 3.63. The molecule has 1 atom stereocenters. The Morgan fingerprint density at radius 1 is 1.12 bits per heavy atom. The zero-order valence-corrected chi connectivity index (χ0v) is 15.7. The number of aryl methyl sites for hydroxylation is 1. The summed E-state index contributed by atoms with van der Waals surface area (Å²) in [5.41, 5.74) is 3.74. The number of carbonyl (C=O) groups is 1. The molecule has 0 saturated carbocycles. The first kappa shape index (κ1) is 22.1. The fourth-order valence-corrected chi connectivity index (χ4v) is 2.42. The van der Waals surface area contributed by atoms with Gasteiger partial charge in [0.1, 0.15) is 0 Å². The Morgan fingerprint density at radius 2 is 1.77 bits per heavy atom. The highest BCUT2D eigenvalue weighted by Crippen LogP contribution is 2.14. The molecule has 142 valence electrons. The van der Waals surface area contributed by atoms with E-state index in [0.29, 0.717) is 11.6 Å². The number of hydroxylamine groups is 1. The van der Waals surface area contributed by atoms with Gasteiger partial charge in [-0.3, -0.25) is 10.0 Å². The molecule has 6 heteroatoms. The van der Waals surface area contributed by atoms with E-state index in [2.05, 4.69) is 0 Å². The maximum Gasteiger partial charge on any atom is 0.245 e. The van der Waals surface area contributed by atoms with Crippen molar-refractivity contribution in [3.8, 4) is 0 Å². The van der Waals surface area contributed by atoms with Crippen molar-refractivity contribution in [1.82, 2.24) is 5.48 Å². The van der Waals surface area contributed by atoms with Crippen molar-refractivity contribution in [3.05, 3.63) is 70.7 Å². The second-order valence-corrected chi connectivity index (χ2v) is 6.06. The summed E-state index contributed by atoms with van der Waals surface area (Å²) < 4.78 is 5.46. The van der Waals surface area contributed by atoms with E-state index >= 15 is 0 Å². The van der Waals surface area contributed by atoms with Crippen molar-refractivity contribution in [2.24, 2.45) is 0 Å². The normalized spacial score (nSPS) is 11.2. The molecule has 0 aliphatic rings. The molecule has 0 heterocycles. The van der Waals surface area contributed by atoms with Crippen LogP contribution in [0.4, 0.5) is 0 Å². The predicted octanol–water partition coefficient (Wildman–Crippen LogP) is 3.75. The van der Waals surface area contributed by atoms with Gasteiger partial charge in [0.15, 0.2) is 0 Å². The maximum atomic E-state index is 11.1. The van der Waals surface area contributed by atoms with Crippen LogP contribution in [0.5, 0.6) is 0 Å². The highest BCUT2D eigenvalue weighted by molar-refractivity contribution is 6.30. The van der Waals surface area contributed by atoms with Crippen molar-refractivity contribution >= 4 is 17.5 Å². The van der Waals surface area contributed by atoms with Gasteiger partial charge in [-0.1, -0.05) is 54.1 Å². The summed E-state index contributed by atoms with van der Waals surface area (Å²) in [6, 6.07) is 17.1. The molecule has 0 spiro atoms. The van der Waals surface area contributed by atoms with Gasteiger partial charge >= 0.3 is 0 Å². The van der Waals surface area contributed by atoms with Gasteiger partial charge in [0, 0.05) is 11.6 Å². The maximum absolute atomic E-state index is 11.1. The molecule has 26 heavy (non-hydrogen) atoms. The van der Waals surface area contributed by atoms with Gasteiger partial charge in [-0.25, -0.2) is 5.48 Å². The van der Waals surface area contributed by atoms with Crippen molar-refractivity contribution < 1.29 is 19.8 Å². The molecular formula is C20H26ClNO4. The molecule has 2 aromatic rings. The summed E-state index contributed by atoms with van der Waals surface area (Å²) in [5, 5.41) is 17.7. The van der Waals surface area contributed by atoms with Crippen molar-refractivity contribution in [2.45, 2.75) is 38.9 Å². The number of halogens is 1. The van der Waals surface area contributed by atoms with Gasteiger partial charge in [0.2, 0.25) is 5.91 Å². The molecule has 0 aromatic heterocycles. The predicted molar refractivity (Wildman–Crippen MR) is 102 cm³/mol. The second kappa shape index (κ2) is 13.3. The molecule has 0 bridgehead atoms. The number of hydrogen-bond donors (Lipinski definition) is 3. The Kier molecular flexibility index (Phi) is 11.3. The molecule has 0 aliphatic heterocycles. The molecule has 2 aromatic carbocycles. The average Bonchev–Trinajstić information content (AvgIpc) is 2.68. The molecule has 0 fully saturated rings. The van der Waals surface area contributed by atoms with Gasteiger partial charge < -0.3 is 9.84 Å². The molecule has 1 unspecified atom stereocenters. The van der Waals surface area contributed by atoms with Crippen molar-refractivity contribution in [3.63, 3.8) is 0 Å². The smallest absolute Gasteiger partial charge is 0.245 e. The van der Waals surface area contributed by atoms with Crippen LogP contribution in [0.2, 0.25) is 5.02 Å². The van der Waals surface area contributed by atoms with E-state index in [1.165, 1.54) is 0 Å². The summed E-state index contributed by atoms with van der Waals surface area (Å²) in [5.74, 6) is -0.426. The highest BCUT2D eigenvalue weighted by Gasteiger charge is 2.13. The van der Waals surface area contributed by atoms with Gasteiger partial charge in [0.05, 0.1) is 19.1 Å². The quantitative estimate of drug-likeness (QED) is 0.482. The molecule has 1 amide bonds. The zero-order chi connectivity index (χ0) is 19.2. The van der Waals surface area contributed by atoms with Crippen LogP contribution in [0.3, 0.4) is 0 Å². The monoisotopic (exact) mass is 379 g/mol. The van der Waals surface area contributed by atoms with Crippen LogP contribution in [-0.4, -0.2) is 28.9 Å². The topological polar surface area (TPSA) is 78.8 Å². The summed E-state index contributed by atoms with van der Waals surface area (Å²) in [6.07, 6.45) is 1.51. The Labute approximate surface area is 159 Å². The van der Waals surface area contributed by atoms with Crippen molar-refractivity contribution in [1.29, 1.82) is 0 Å². The lowest BCUT2D eigenvalue weighted by Gasteiger charge is -2.15. The molecule has 0 saturated heterocycles. The number of nitrogens with one attached hydrogen (secondary N) is 1. The van der Waals surface area contributed by atoms with Crippen LogP contribution in [-0.2, 0) is 22.6 Å². The zero-order valence-electron chi connectivity index (χ0n) is 14.9. The Hall–Kier alpha value is -1.92. The minimum absolute atomic E-state index is 0.140. The lowest BCUT2D eigenvalue weighted by Crippen LogP contribution is -2.26. The lowest BCUT2D eigenvalue weighted by atomic mass is 10.0. The van der Waals surface area contributed by atoms with Crippen LogP contribution in [0.25, 0.3) is 0 Å². The van der Waals surface area contributed by atoms with E-state index in [0.717, 1.165) is 24.0 Å². The second-order valence-electron chi connectivity index (χ2n) is 5.63. The largest absolute Gasteiger partial charge is 0.392 e. The van der Waals surface area contributed by atoms with E-state index in [1.807, 2.05) is 61.5 Å². The molecule has 3 N–H and O–H groups in total. The average molecular weight is 380 g/mol. The third kappa shape index (κ3) is 9.53. The van der Waals surface area contributed by atoms with Crippen LogP contribution in [0.1, 0.15) is 30.9 Å². The van der Waals surface area contributed by atoms with Gasteiger partial charge in [0.25, 0.3) is 0 Å². The summed E-state index contributed by atoms with van der Waals surface area (Å²) in [4.78, 5) is 11.1. The number of aliphatic hydroxyl groups is 1. The lowest BCUT2D eigenvalue weighted by molar-refractivity contribution is -0.132. The number of benzene rings is 2. The highest BCUT2D eigenvalue weighted by atomic mass is 35.5. The van der Waals surface area contributed by atoms with E-state index in [4.69, 9.17) is 26.7 Å². The van der Waals surface area contributed by atoms with E-state index < -0.39 is 5.91 Å². The number of ether oxygens (including phenoxy) is 1. The fraction of sp³-hybridized carbons (Fsp3) is 0.350. The minimum Gasteiger partial charge on any atom is -0.392 e. The van der Waals surface area contributed by atoms with Crippen LogP contribution in [0, 0.1) is 0 Å². The van der Waals surface area contributed by atoms with Crippen LogP contribution < -0.4 is 5.48 Å². The summed E-state index contributed by atoms with van der Waals surface area (Å²) in [7, 11) is 0. The molecular weight excluding hydrogens is 354 g/mol. The first-order valence-electron chi connectivity index (χ1n) is 8.52. The van der Waals surface area contributed by atoms with Crippen LogP contribution >= 0.6 is 11.6 Å². The van der Waals surface area contributed by atoms with Crippen molar-refractivity contribution in [2.75, 3.05) is 6.61 Å². The van der Waals surface area contributed by atoms with Crippen LogP contribution in [0.15, 0.2) is 54.6 Å². The molecule has 0 aliphatic carbocycles. The standard InChI is InChI=1S/C13H18ClNO3.C7H8O/c1-2-18-12(9-13(16)15-17)8-5-10-3-6-11(14)7-4-10;8-6-7-4-2-1-3-5-7/h3-4,6-7,12,17H,2,5,8-9H2,1H3,(H,15,16);1-5,8H,6H2. The van der Waals surface area contributed by atoms with Gasteiger partial charge in [-0.15, -0.1) is 0 Å². The number of amides is 1. The first-order valence-corrected chi connectivity index (χ1v) is 8.90. The minimum atomic E-state index is -0.426. The summed E-state index contributed by atoms with van der Waals surface area (Å²) >= 11 is 5.81. The summed E-state index contributed by atoms with van der Waals surface area (Å²) in [6.45, 7) is 2.57.